The molecule has 11 nitrogen and oxygen atoms in total. The van der Waals surface area contributed by atoms with Gasteiger partial charge in [-0.05, 0) is 20.8 Å². The summed E-state index contributed by atoms with van der Waals surface area (Å²) in [5.41, 5.74) is -2.01. The van der Waals surface area contributed by atoms with E-state index in [2.05, 4.69) is 15.9 Å². The Morgan fingerprint density at radius 1 is 1.23 bits per heavy atom. The molecule has 13 heteroatoms. The number of hydrogen-bond donors (Lipinski definition) is 0. The highest BCUT2D eigenvalue weighted by atomic mass is 79.9. The maximum Gasteiger partial charge on any atom is 0.320 e. The van der Waals surface area contributed by atoms with Crippen LogP contribution in [0, 0.1) is 10.8 Å². The molecule has 0 bridgehead atoms. The van der Waals surface area contributed by atoms with E-state index in [1.807, 2.05) is 0 Å². The van der Waals surface area contributed by atoms with Crippen LogP contribution in [0.15, 0.2) is 0 Å². The molecule has 0 aromatic carbocycles. The molecule has 0 spiro atoms. The number of carbonyl (C=O) groups excluding carboxylic acids is 5. The first kappa shape index (κ1) is 29.5. The van der Waals surface area contributed by atoms with Crippen molar-refractivity contribution < 1.29 is 42.9 Å². The second-order valence-corrected chi connectivity index (χ2v) is 11.1. The second-order valence-electron chi connectivity index (χ2n) is 9.48. The van der Waals surface area contributed by atoms with E-state index in [4.69, 9.17) is 18.9 Å². The lowest BCUT2D eigenvalue weighted by Crippen LogP contribution is -2.75. The van der Waals surface area contributed by atoms with Gasteiger partial charge < -0.3 is 23.8 Å². The van der Waals surface area contributed by atoms with Crippen LogP contribution in [-0.2, 0) is 42.9 Å². The third-order valence-corrected chi connectivity index (χ3v) is 7.57. The van der Waals surface area contributed by atoms with Crippen molar-refractivity contribution in [3.05, 3.63) is 0 Å². The smallest absolute Gasteiger partial charge is 0.320 e. The van der Waals surface area contributed by atoms with E-state index in [1.165, 1.54) is 37.6 Å². The summed E-state index contributed by atoms with van der Waals surface area (Å²) in [5.74, 6) is -2.47. The van der Waals surface area contributed by atoms with E-state index in [9.17, 15) is 24.0 Å². The number of thioether (sulfide) groups is 1. The quantitative estimate of drug-likeness (QED) is 0.122. The Balaban J connectivity index is 2.18. The fourth-order valence-electron chi connectivity index (χ4n) is 3.61. The molecule has 2 aliphatic heterocycles. The van der Waals surface area contributed by atoms with Crippen molar-refractivity contribution in [1.82, 2.24) is 9.80 Å². The van der Waals surface area contributed by atoms with Gasteiger partial charge in [0.1, 0.15) is 16.8 Å². The molecule has 198 valence electrons. The zero-order chi connectivity index (χ0) is 26.6. The molecule has 0 saturated carbocycles. The number of hydrogen-bond acceptors (Lipinski definition) is 10. The Bertz CT molecular complexity index is 849. The highest BCUT2D eigenvalue weighted by molar-refractivity contribution is 9.09. The molecule has 2 heterocycles. The first-order chi connectivity index (χ1) is 16.3. The summed E-state index contributed by atoms with van der Waals surface area (Å²) in [5, 5.41) is -0.576. The molecule has 0 aliphatic carbocycles. The molecule has 0 N–H and O–H groups in total. The fourth-order valence-corrected chi connectivity index (χ4v) is 5.44. The number of amides is 3. The number of ether oxygens (including phenoxy) is 4. The van der Waals surface area contributed by atoms with Crippen molar-refractivity contribution >= 4 is 57.4 Å². The third-order valence-electron chi connectivity index (χ3n) is 5.52. The lowest BCUT2D eigenvalue weighted by Gasteiger charge is -2.55. The molecule has 2 saturated heterocycles. The van der Waals surface area contributed by atoms with Crippen molar-refractivity contribution in [2.24, 2.45) is 10.8 Å². The van der Waals surface area contributed by atoms with E-state index in [-0.39, 0.29) is 30.8 Å². The number of fused-ring (bicyclic) bond motifs is 1. The maximum atomic E-state index is 13.3. The van der Waals surface area contributed by atoms with Crippen molar-refractivity contribution in [3.8, 4) is 0 Å². The van der Waals surface area contributed by atoms with Crippen LogP contribution in [0.5, 0.6) is 0 Å². The van der Waals surface area contributed by atoms with Gasteiger partial charge >= 0.3 is 11.9 Å². The zero-order valence-corrected chi connectivity index (χ0v) is 23.2. The molecule has 2 aliphatic rings. The zero-order valence-electron chi connectivity index (χ0n) is 20.8. The summed E-state index contributed by atoms with van der Waals surface area (Å²) in [6.45, 7) is 8.18. The Labute approximate surface area is 217 Å². The number of imide groups is 1. The van der Waals surface area contributed by atoms with Gasteiger partial charge in [0.25, 0.3) is 0 Å². The minimum atomic E-state index is -1.24. The van der Waals surface area contributed by atoms with Crippen LogP contribution in [0.1, 0.15) is 34.6 Å². The third kappa shape index (κ3) is 6.75. The number of carbonyl (C=O) groups is 5. The van der Waals surface area contributed by atoms with Gasteiger partial charge in [0, 0.05) is 33.3 Å². The monoisotopic (exact) mass is 580 g/mol. The SMILES string of the molecule is COCCOCC1(C(=O)OC(C)OC(=O)C(C)(C)C)CS[C@@H]2C(N(C(C)=O)C(=O)CBr)C(=O)N2C1. The highest BCUT2D eigenvalue weighted by Crippen LogP contribution is 2.45. The van der Waals surface area contributed by atoms with Crippen LogP contribution in [0.25, 0.3) is 0 Å². The van der Waals surface area contributed by atoms with Crippen LogP contribution >= 0.6 is 27.7 Å². The van der Waals surface area contributed by atoms with E-state index in [0.717, 1.165) is 4.90 Å². The lowest BCUT2D eigenvalue weighted by atomic mass is 9.87. The summed E-state index contributed by atoms with van der Waals surface area (Å²) in [4.78, 5) is 65.2. The van der Waals surface area contributed by atoms with E-state index in [1.54, 1.807) is 20.8 Å². The number of alkyl halides is 1. The van der Waals surface area contributed by atoms with Crippen LogP contribution in [0.3, 0.4) is 0 Å². The highest BCUT2D eigenvalue weighted by Gasteiger charge is 2.60. The molecule has 35 heavy (non-hydrogen) atoms. The molecule has 3 amide bonds. The number of methoxy groups -OCH3 is 1. The Morgan fingerprint density at radius 2 is 1.89 bits per heavy atom. The predicted molar refractivity (Wildman–Crippen MR) is 129 cm³/mol. The minimum absolute atomic E-state index is 0.0278. The van der Waals surface area contributed by atoms with Crippen molar-refractivity contribution in [1.29, 1.82) is 0 Å². The normalized spacial score (nSPS) is 24.7. The Morgan fingerprint density at radius 3 is 2.43 bits per heavy atom. The topological polar surface area (TPSA) is 129 Å². The van der Waals surface area contributed by atoms with E-state index < -0.39 is 58.2 Å². The van der Waals surface area contributed by atoms with Crippen molar-refractivity contribution in [2.75, 3.05) is 44.6 Å². The average Bonchev–Trinajstić information content (AvgIpc) is 2.78. The molecular formula is C22H33BrN2O9S. The molecule has 0 aromatic heterocycles. The van der Waals surface area contributed by atoms with Crippen LogP contribution in [0.2, 0.25) is 0 Å². The first-order valence-corrected chi connectivity index (χ1v) is 13.3. The number of nitrogens with zero attached hydrogens (tertiary/aromatic N) is 2. The van der Waals surface area contributed by atoms with Crippen LogP contribution in [-0.4, -0.2) is 102 Å². The molecular weight excluding hydrogens is 548 g/mol. The Kier molecular flexibility index (Phi) is 10.1. The van der Waals surface area contributed by atoms with E-state index >= 15 is 0 Å². The van der Waals surface area contributed by atoms with E-state index in [0.29, 0.717) is 6.61 Å². The molecule has 4 atom stereocenters. The van der Waals surface area contributed by atoms with Gasteiger partial charge in [0.05, 0.1) is 30.6 Å². The molecule has 3 unspecified atom stereocenters. The predicted octanol–water partition coefficient (Wildman–Crippen LogP) is 1.17. The Hall–Kier alpha value is -1.70. The van der Waals surface area contributed by atoms with Gasteiger partial charge in [-0.3, -0.25) is 28.9 Å². The summed E-state index contributed by atoms with van der Waals surface area (Å²) < 4.78 is 21.3. The lowest BCUT2D eigenvalue weighted by molar-refractivity contribution is -0.200. The van der Waals surface area contributed by atoms with Gasteiger partial charge in [-0.15, -0.1) is 11.8 Å². The number of halogens is 1. The van der Waals surface area contributed by atoms with Crippen LogP contribution in [0.4, 0.5) is 0 Å². The summed E-state index contributed by atoms with van der Waals surface area (Å²) in [6.07, 6.45) is -1.14. The number of β-lactam (4-membered cyclic amide) rings is 1. The van der Waals surface area contributed by atoms with Crippen molar-refractivity contribution in [3.63, 3.8) is 0 Å². The standard InChI is InChI=1S/C22H33BrN2O9S/c1-13(26)25(15(27)9-23)16-17(28)24-10-22(12-35-18(16)24,11-32-8-7-31-6)20(30)34-14(2)33-19(29)21(3,4)5/h14,16,18H,7-12H2,1-6H3/t14?,16?,18-,22?/m1/s1. The minimum Gasteiger partial charge on any atom is -0.425 e. The van der Waals surface area contributed by atoms with Gasteiger partial charge in [-0.25, -0.2) is 0 Å². The van der Waals surface area contributed by atoms with Gasteiger partial charge in [0.15, 0.2) is 0 Å². The molecule has 2 rings (SSSR count). The maximum absolute atomic E-state index is 13.3. The number of rotatable bonds is 10. The fraction of sp³-hybridized carbons (Fsp3) is 0.773. The van der Waals surface area contributed by atoms with Gasteiger partial charge in [-0.1, -0.05) is 15.9 Å². The van der Waals surface area contributed by atoms with Gasteiger partial charge in [0.2, 0.25) is 24.0 Å². The first-order valence-electron chi connectivity index (χ1n) is 11.1. The van der Waals surface area contributed by atoms with Crippen molar-refractivity contribution in [2.45, 2.75) is 52.3 Å². The molecule has 0 aromatic rings. The average molecular weight is 581 g/mol. The van der Waals surface area contributed by atoms with Gasteiger partial charge in [-0.2, -0.15) is 0 Å². The summed E-state index contributed by atoms with van der Waals surface area (Å²) >= 11 is 4.31. The largest absolute Gasteiger partial charge is 0.425 e. The summed E-state index contributed by atoms with van der Waals surface area (Å²) in [7, 11) is 1.52. The number of esters is 2. The molecule has 2 fully saturated rings. The van der Waals surface area contributed by atoms with Crippen LogP contribution < -0.4 is 0 Å². The second kappa shape index (κ2) is 12.0. The summed E-state index contributed by atoms with van der Waals surface area (Å²) in [6, 6.07) is -0.933. The molecule has 0 radical (unpaired) electrons.